The van der Waals surface area contributed by atoms with E-state index < -0.39 is 12.0 Å². The fourth-order valence-corrected chi connectivity index (χ4v) is 2.52. The largest absolute Gasteiger partial charge is 0.467 e. The van der Waals surface area contributed by atoms with Crippen LogP contribution in [-0.2, 0) is 14.3 Å². The van der Waals surface area contributed by atoms with E-state index in [1.807, 2.05) is 6.07 Å². The summed E-state index contributed by atoms with van der Waals surface area (Å²) in [7, 11) is 2.83. The number of amides is 2. The zero-order valence-electron chi connectivity index (χ0n) is 14.4. The number of nitrogens with zero attached hydrogens (tertiary/aromatic N) is 1. The van der Waals surface area contributed by atoms with Crippen LogP contribution in [0.2, 0.25) is 0 Å². The molecule has 2 rings (SSSR count). The lowest BCUT2D eigenvalue weighted by molar-refractivity contribution is -0.145. The van der Waals surface area contributed by atoms with Crippen LogP contribution in [-0.4, -0.2) is 36.8 Å². The SMILES string of the molecule is COC(=O)[C@@H](c1ccccc1)N(C)C(=O)c1cccc(NC(C)=O)c1. The molecule has 0 bridgehead atoms. The van der Waals surface area contributed by atoms with Crippen LogP contribution in [0.4, 0.5) is 5.69 Å². The van der Waals surface area contributed by atoms with Crippen LogP contribution in [0.5, 0.6) is 0 Å². The second-order valence-corrected chi connectivity index (χ2v) is 5.51. The molecule has 1 atom stereocenters. The maximum atomic E-state index is 12.8. The van der Waals surface area contributed by atoms with E-state index in [9.17, 15) is 14.4 Å². The summed E-state index contributed by atoms with van der Waals surface area (Å²) in [6, 6.07) is 14.6. The molecule has 0 saturated heterocycles. The van der Waals surface area contributed by atoms with Crippen LogP contribution in [0, 0.1) is 0 Å². The van der Waals surface area contributed by atoms with Gasteiger partial charge in [-0.15, -0.1) is 0 Å². The third kappa shape index (κ3) is 4.44. The molecule has 0 saturated carbocycles. The number of hydrogen-bond donors (Lipinski definition) is 1. The van der Waals surface area contributed by atoms with Gasteiger partial charge in [0.1, 0.15) is 0 Å². The van der Waals surface area contributed by atoms with Gasteiger partial charge in [-0.25, -0.2) is 4.79 Å². The molecule has 6 nitrogen and oxygen atoms in total. The van der Waals surface area contributed by atoms with Crippen molar-refractivity contribution in [1.82, 2.24) is 4.90 Å². The van der Waals surface area contributed by atoms with Gasteiger partial charge in [-0.05, 0) is 23.8 Å². The first-order valence-corrected chi connectivity index (χ1v) is 7.71. The van der Waals surface area contributed by atoms with Crippen molar-refractivity contribution in [3.63, 3.8) is 0 Å². The van der Waals surface area contributed by atoms with E-state index in [1.165, 1.54) is 18.9 Å². The van der Waals surface area contributed by atoms with Crippen molar-refractivity contribution in [2.24, 2.45) is 0 Å². The molecule has 1 N–H and O–H groups in total. The van der Waals surface area contributed by atoms with Gasteiger partial charge in [0.05, 0.1) is 7.11 Å². The normalized spacial score (nSPS) is 11.3. The van der Waals surface area contributed by atoms with E-state index in [-0.39, 0.29) is 11.8 Å². The van der Waals surface area contributed by atoms with Gasteiger partial charge in [-0.2, -0.15) is 0 Å². The van der Waals surface area contributed by atoms with E-state index in [1.54, 1.807) is 55.6 Å². The summed E-state index contributed by atoms with van der Waals surface area (Å²) in [4.78, 5) is 37.6. The standard InChI is InChI=1S/C19H20N2O4/c1-13(22)20-16-11-7-10-15(12-16)18(23)21(2)17(19(24)25-3)14-8-5-4-6-9-14/h4-12,17H,1-3H3,(H,20,22)/t17-/m1/s1. The lowest BCUT2D eigenvalue weighted by atomic mass is 10.0. The highest BCUT2D eigenvalue weighted by molar-refractivity contribution is 5.98. The molecule has 0 heterocycles. The molecule has 0 radical (unpaired) electrons. The number of carbonyl (C=O) groups excluding carboxylic acids is 3. The van der Waals surface area contributed by atoms with Crippen molar-refractivity contribution >= 4 is 23.5 Å². The summed E-state index contributed by atoms with van der Waals surface area (Å²) in [5.74, 6) is -1.11. The Bertz CT molecular complexity index is 774. The minimum absolute atomic E-state index is 0.227. The van der Waals surface area contributed by atoms with E-state index in [0.717, 1.165) is 0 Å². The second kappa shape index (κ2) is 8.10. The molecule has 2 amide bonds. The van der Waals surface area contributed by atoms with Gasteiger partial charge in [0.15, 0.2) is 6.04 Å². The topological polar surface area (TPSA) is 75.7 Å². The predicted octanol–water partition coefficient (Wildman–Crippen LogP) is 2.63. The fraction of sp³-hybridized carbons (Fsp3) is 0.211. The zero-order chi connectivity index (χ0) is 18.4. The van der Waals surface area contributed by atoms with Crippen molar-refractivity contribution in [2.45, 2.75) is 13.0 Å². The molecule has 2 aromatic rings. The average Bonchev–Trinajstić information content (AvgIpc) is 2.61. The first kappa shape index (κ1) is 18.2. The summed E-state index contributed by atoms with van der Waals surface area (Å²) in [5.41, 5.74) is 1.53. The van der Waals surface area contributed by atoms with Crippen LogP contribution in [0.1, 0.15) is 28.9 Å². The Hall–Kier alpha value is -3.15. The van der Waals surface area contributed by atoms with Crippen LogP contribution in [0.3, 0.4) is 0 Å². The second-order valence-electron chi connectivity index (χ2n) is 5.51. The average molecular weight is 340 g/mol. The van der Waals surface area contributed by atoms with Crippen molar-refractivity contribution < 1.29 is 19.1 Å². The molecule has 0 aliphatic heterocycles. The monoisotopic (exact) mass is 340 g/mol. The lowest BCUT2D eigenvalue weighted by Crippen LogP contribution is -2.36. The fourth-order valence-electron chi connectivity index (χ4n) is 2.52. The highest BCUT2D eigenvalue weighted by Crippen LogP contribution is 2.23. The van der Waals surface area contributed by atoms with Gasteiger partial charge in [0, 0.05) is 25.2 Å². The number of methoxy groups -OCH3 is 1. The molecule has 130 valence electrons. The minimum atomic E-state index is -0.858. The number of anilines is 1. The number of rotatable bonds is 5. The number of ether oxygens (including phenoxy) is 1. The first-order chi connectivity index (χ1) is 11.9. The number of carbonyl (C=O) groups is 3. The van der Waals surface area contributed by atoms with E-state index in [4.69, 9.17) is 4.74 Å². The number of nitrogens with one attached hydrogen (secondary N) is 1. The highest BCUT2D eigenvalue weighted by Gasteiger charge is 2.30. The first-order valence-electron chi connectivity index (χ1n) is 7.71. The van der Waals surface area contributed by atoms with E-state index >= 15 is 0 Å². The molecule has 0 aliphatic rings. The summed E-state index contributed by atoms with van der Waals surface area (Å²) in [6.45, 7) is 1.39. The molecule has 25 heavy (non-hydrogen) atoms. The molecule has 0 spiro atoms. The molecular weight excluding hydrogens is 320 g/mol. The summed E-state index contributed by atoms with van der Waals surface area (Å²) < 4.78 is 4.86. The van der Waals surface area contributed by atoms with Gasteiger partial charge in [0.25, 0.3) is 5.91 Å². The maximum absolute atomic E-state index is 12.8. The molecule has 0 unspecified atom stereocenters. The Morgan fingerprint density at radius 1 is 1.04 bits per heavy atom. The highest BCUT2D eigenvalue weighted by atomic mass is 16.5. The van der Waals surface area contributed by atoms with Crippen LogP contribution >= 0.6 is 0 Å². The Morgan fingerprint density at radius 2 is 1.72 bits per heavy atom. The summed E-state index contributed by atoms with van der Waals surface area (Å²) >= 11 is 0. The van der Waals surface area contributed by atoms with E-state index in [2.05, 4.69) is 5.32 Å². The van der Waals surface area contributed by atoms with Crippen molar-refractivity contribution in [2.75, 3.05) is 19.5 Å². The molecular formula is C19H20N2O4. The Morgan fingerprint density at radius 3 is 2.32 bits per heavy atom. The van der Waals surface area contributed by atoms with Crippen molar-refractivity contribution in [3.8, 4) is 0 Å². The van der Waals surface area contributed by atoms with Crippen LogP contribution < -0.4 is 5.32 Å². The predicted molar refractivity (Wildman–Crippen MR) is 94.0 cm³/mol. The number of likely N-dealkylation sites (N-methyl/N-ethyl adjacent to an activating group) is 1. The molecule has 0 aliphatic carbocycles. The van der Waals surface area contributed by atoms with Gasteiger partial charge in [-0.3, -0.25) is 9.59 Å². The Labute approximate surface area is 146 Å². The van der Waals surface area contributed by atoms with Crippen LogP contribution in [0.15, 0.2) is 54.6 Å². The Kier molecular flexibility index (Phi) is 5.89. The van der Waals surface area contributed by atoms with Gasteiger partial charge >= 0.3 is 5.97 Å². The number of hydrogen-bond acceptors (Lipinski definition) is 4. The smallest absolute Gasteiger partial charge is 0.333 e. The van der Waals surface area contributed by atoms with Crippen molar-refractivity contribution in [1.29, 1.82) is 0 Å². The minimum Gasteiger partial charge on any atom is -0.467 e. The summed E-state index contributed by atoms with van der Waals surface area (Å²) in [5, 5.41) is 2.63. The molecule has 0 aromatic heterocycles. The molecule has 0 fully saturated rings. The van der Waals surface area contributed by atoms with Gasteiger partial charge < -0.3 is 15.0 Å². The zero-order valence-corrected chi connectivity index (χ0v) is 14.4. The van der Waals surface area contributed by atoms with E-state index in [0.29, 0.717) is 16.8 Å². The summed E-state index contributed by atoms with van der Waals surface area (Å²) in [6.07, 6.45) is 0. The molecule has 6 heteroatoms. The van der Waals surface area contributed by atoms with Crippen molar-refractivity contribution in [3.05, 3.63) is 65.7 Å². The Balaban J connectivity index is 2.32. The number of esters is 1. The third-order valence-corrected chi connectivity index (χ3v) is 3.68. The quantitative estimate of drug-likeness (QED) is 0.849. The maximum Gasteiger partial charge on any atom is 0.333 e. The van der Waals surface area contributed by atoms with Gasteiger partial charge in [0.2, 0.25) is 5.91 Å². The molecule has 2 aromatic carbocycles. The lowest BCUT2D eigenvalue weighted by Gasteiger charge is -2.26. The van der Waals surface area contributed by atoms with Crippen LogP contribution in [0.25, 0.3) is 0 Å². The van der Waals surface area contributed by atoms with Gasteiger partial charge in [-0.1, -0.05) is 36.4 Å². The number of benzene rings is 2. The third-order valence-electron chi connectivity index (χ3n) is 3.68.